The van der Waals surface area contributed by atoms with Crippen molar-refractivity contribution in [1.82, 2.24) is 4.90 Å². The molecule has 0 aromatic heterocycles. The summed E-state index contributed by atoms with van der Waals surface area (Å²) in [5, 5.41) is 48.4. The van der Waals surface area contributed by atoms with Crippen molar-refractivity contribution in [1.29, 1.82) is 0 Å². The highest BCUT2D eigenvalue weighted by atomic mass is 16.3. The van der Waals surface area contributed by atoms with Crippen LogP contribution in [0.5, 0.6) is 28.7 Å². The van der Waals surface area contributed by atoms with Crippen molar-refractivity contribution in [2.75, 3.05) is 30.9 Å². The van der Waals surface area contributed by atoms with Crippen LogP contribution in [0, 0.1) is 6.92 Å². The third-order valence-electron chi connectivity index (χ3n) is 14.9. The van der Waals surface area contributed by atoms with E-state index in [1.54, 1.807) is 109 Å². The molecule has 1 unspecified atom stereocenters. The number of Topliss-reactive ketones (excluding diaryl/α,β-unsaturated/α-hetero) is 1. The van der Waals surface area contributed by atoms with E-state index in [0.29, 0.717) is 5.56 Å². The number of phenols is 5. The Bertz CT molecular complexity index is 3460. The van der Waals surface area contributed by atoms with Gasteiger partial charge in [0.25, 0.3) is 5.91 Å². The van der Waals surface area contributed by atoms with Gasteiger partial charge in [-0.1, -0.05) is 139 Å². The summed E-state index contributed by atoms with van der Waals surface area (Å²) in [5.74, 6) is 0.763. The third-order valence-corrected chi connectivity index (χ3v) is 14.9. The summed E-state index contributed by atoms with van der Waals surface area (Å²) in [5.41, 5.74) is 8.40. The van der Waals surface area contributed by atoms with Crippen molar-refractivity contribution >= 4 is 29.0 Å². The number of rotatable bonds is 6. The Morgan fingerprint density at radius 2 is 0.693 bits per heavy atom. The second kappa shape index (κ2) is 19.1. The number of fused-ring (bicyclic) bond motifs is 3. The van der Waals surface area contributed by atoms with Crippen molar-refractivity contribution < 1.29 is 39.9 Å². The number of ketones is 1. The molecule has 3 aliphatic heterocycles. The lowest BCUT2D eigenvalue weighted by molar-refractivity contribution is -0.120. The van der Waals surface area contributed by atoms with Crippen LogP contribution in [0.2, 0.25) is 0 Å². The first-order valence-corrected chi connectivity index (χ1v) is 24.3. The molecule has 12 rings (SSSR count). The summed E-state index contributed by atoms with van der Waals surface area (Å²) in [6, 6.07) is 65.2. The Morgan fingerprint density at radius 1 is 0.347 bits per heavy atom. The number of hydrogen-bond donors (Lipinski definition) is 5. The molecule has 0 saturated carbocycles. The molecule has 3 heterocycles. The number of carbonyl (C=O) groups excluding carboxylic acids is 3. The number of amides is 2. The number of benzene rings is 9. The molecule has 0 fully saturated rings. The van der Waals surface area contributed by atoms with Crippen LogP contribution in [0.15, 0.2) is 218 Å². The summed E-state index contributed by atoms with van der Waals surface area (Å²) in [6.45, 7) is 2.03. The Balaban J connectivity index is 0.000000128. The van der Waals surface area contributed by atoms with E-state index in [9.17, 15) is 39.9 Å². The molecule has 3 aliphatic rings. The monoisotopic (exact) mass is 991 g/mol. The van der Waals surface area contributed by atoms with Crippen molar-refractivity contribution in [2.24, 2.45) is 0 Å². The predicted molar refractivity (Wildman–Crippen MR) is 290 cm³/mol. The smallest absolute Gasteiger partial charge is 0.255 e. The number of nitrogens with zero attached hydrogens (tertiary/aromatic N) is 3. The zero-order valence-electron chi connectivity index (χ0n) is 41.6. The van der Waals surface area contributed by atoms with Gasteiger partial charge in [0, 0.05) is 49.2 Å². The Labute approximate surface area is 434 Å². The molecular weight excluding hydrogens is 939 g/mol. The van der Waals surface area contributed by atoms with Crippen LogP contribution in [0.4, 0.5) is 11.4 Å². The van der Waals surface area contributed by atoms with E-state index in [1.165, 1.54) is 0 Å². The maximum atomic E-state index is 13.6. The molecule has 75 heavy (non-hydrogen) atoms. The van der Waals surface area contributed by atoms with Crippen LogP contribution in [0.1, 0.15) is 70.8 Å². The predicted octanol–water partition coefficient (Wildman–Crippen LogP) is 11.2. The van der Waals surface area contributed by atoms with Crippen molar-refractivity contribution in [2.45, 2.75) is 23.4 Å². The van der Waals surface area contributed by atoms with Crippen LogP contribution >= 0.6 is 0 Å². The molecule has 5 N–H and O–H groups in total. The lowest BCUT2D eigenvalue weighted by Gasteiger charge is -2.38. The van der Waals surface area contributed by atoms with Gasteiger partial charge in [-0.2, -0.15) is 0 Å². The van der Waals surface area contributed by atoms with Gasteiger partial charge in [-0.25, -0.2) is 0 Å². The maximum Gasteiger partial charge on any atom is 0.255 e. The standard InChI is InChI=1S/C22H19NO2.2C21H17NO3/c1-15-7-9-16(10-8-15)22(17-11-13-18(24)14-12-17)21(25)19-5-3-4-6-20(19)23(22)2;1-22-19-5-3-2-4-18(19)21(20(22)25,14-6-10-16(23)11-7-14)15-8-12-17(24)13-9-15;1-22-20(25)18-4-2-3-5-19(18)21(22,14-6-10-16(23)11-7-14)15-8-12-17(24)13-9-15/h3-14,24H,1-2H3;2*2-13,23-24H,1H3. The number of aromatic hydroxyl groups is 5. The first kappa shape index (κ1) is 49.0. The third kappa shape index (κ3) is 7.79. The van der Waals surface area contributed by atoms with E-state index in [4.69, 9.17) is 0 Å². The number of phenolic OH excluding ortho intramolecular Hbond substituents is 5. The molecule has 0 bridgehead atoms. The Kier molecular flexibility index (Phi) is 12.5. The topological polar surface area (TPSA) is 162 Å². The molecular formula is C64H53N3O8. The highest BCUT2D eigenvalue weighted by molar-refractivity contribution is 6.16. The van der Waals surface area contributed by atoms with E-state index >= 15 is 0 Å². The summed E-state index contributed by atoms with van der Waals surface area (Å²) >= 11 is 0. The SMILES string of the molecule is CN1C(=O)C(c2ccc(O)cc2)(c2ccc(O)cc2)c2ccccc21.CN1C(=O)c2ccccc2C1(c1ccc(O)cc1)c1ccc(O)cc1.Cc1ccc(C2(c3ccc(O)cc3)C(=O)c3ccccc3N2C)cc1. The molecule has 0 aliphatic carbocycles. The molecule has 9 aromatic rings. The zero-order valence-corrected chi connectivity index (χ0v) is 41.6. The van der Waals surface area contributed by atoms with Gasteiger partial charge in [0.05, 0.1) is 0 Å². The van der Waals surface area contributed by atoms with Gasteiger partial charge in [-0.3, -0.25) is 14.4 Å². The average molecular weight is 992 g/mol. The summed E-state index contributed by atoms with van der Waals surface area (Å²) in [7, 11) is 5.50. The minimum absolute atomic E-state index is 0.0557. The number of para-hydroxylation sites is 2. The minimum atomic E-state index is -1.01. The molecule has 372 valence electrons. The van der Waals surface area contributed by atoms with Crippen LogP contribution in [-0.4, -0.2) is 69.2 Å². The van der Waals surface area contributed by atoms with Crippen molar-refractivity contribution in [3.8, 4) is 28.7 Å². The van der Waals surface area contributed by atoms with E-state index in [1.807, 2.05) is 152 Å². The van der Waals surface area contributed by atoms with Gasteiger partial charge < -0.3 is 40.2 Å². The molecule has 11 nitrogen and oxygen atoms in total. The van der Waals surface area contributed by atoms with E-state index in [0.717, 1.165) is 67.0 Å². The van der Waals surface area contributed by atoms with Crippen LogP contribution < -0.4 is 9.80 Å². The second-order valence-electron chi connectivity index (χ2n) is 19.0. The Hall–Kier alpha value is -9.61. The highest BCUT2D eigenvalue weighted by Crippen LogP contribution is 2.52. The van der Waals surface area contributed by atoms with E-state index in [2.05, 4.69) is 0 Å². The van der Waals surface area contributed by atoms with E-state index < -0.39 is 16.5 Å². The van der Waals surface area contributed by atoms with Gasteiger partial charge in [0.1, 0.15) is 39.7 Å². The molecule has 1 atom stereocenters. The average Bonchev–Trinajstić information content (AvgIpc) is 3.91. The first-order chi connectivity index (χ1) is 36.1. The molecule has 0 radical (unpaired) electrons. The zero-order chi connectivity index (χ0) is 52.8. The fourth-order valence-electron chi connectivity index (χ4n) is 11.3. The van der Waals surface area contributed by atoms with Crippen molar-refractivity contribution in [3.63, 3.8) is 0 Å². The number of anilines is 2. The fourth-order valence-corrected chi connectivity index (χ4v) is 11.3. The van der Waals surface area contributed by atoms with Crippen LogP contribution in [-0.2, 0) is 21.3 Å². The maximum absolute atomic E-state index is 13.6. The normalized spacial score (nSPS) is 16.5. The largest absolute Gasteiger partial charge is 0.508 e. The summed E-state index contributed by atoms with van der Waals surface area (Å²) < 4.78 is 0. The molecule has 11 heteroatoms. The van der Waals surface area contributed by atoms with E-state index in [-0.39, 0.29) is 46.3 Å². The van der Waals surface area contributed by atoms with Gasteiger partial charge >= 0.3 is 0 Å². The second-order valence-corrected chi connectivity index (χ2v) is 19.0. The number of carbonyl (C=O) groups is 3. The summed E-state index contributed by atoms with van der Waals surface area (Å²) in [4.78, 5) is 45.4. The Morgan fingerprint density at radius 3 is 1.13 bits per heavy atom. The molecule has 9 aromatic carbocycles. The van der Waals surface area contributed by atoms with Crippen molar-refractivity contribution in [3.05, 3.63) is 280 Å². The first-order valence-electron chi connectivity index (χ1n) is 24.3. The quantitative estimate of drug-likeness (QED) is 0.109. The van der Waals surface area contributed by atoms with Crippen LogP contribution in [0.25, 0.3) is 0 Å². The van der Waals surface area contributed by atoms with Gasteiger partial charge in [0.2, 0.25) is 5.91 Å². The van der Waals surface area contributed by atoms with Crippen LogP contribution in [0.3, 0.4) is 0 Å². The molecule has 0 spiro atoms. The highest BCUT2D eigenvalue weighted by Gasteiger charge is 2.54. The lowest BCUT2D eigenvalue weighted by Crippen LogP contribution is -2.46. The molecule has 0 saturated heterocycles. The minimum Gasteiger partial charge on any atom is -0.508 e. The van der Waals surface area contributed by atoms with Gasteiger partial charge in [0.15, 0.2) is 11.3 Å². The number of aryl methyl sites for hydroxylation is 1. The number of likely N-dealkylation sites (N-methyl/N-ethyl adjacent to an activating group) is 2. The van der Waals surface area contributed by atoms with Gasteiger partial charge in [-0.05, 0) is 131 Å². The summed E-state index contributed by atoms with van der Waals surface area (Å²) in [6.07, 6.45) is 0. The molecule has 2 amide bonds. The van der Waals surface area contributed by atoms with Gasteiger partial charge in [-0.15, -0.1) is 0 Å². The number of hydrogen-bond acceptors (Lipinski definition) is 9. The lowest BCUT2D eigenvalue weighted by atomic mass is 9.70. The fraction of sp³-hybridized carbons (Fsp3) is 0.109.